The van der Waals surface area contributed by atoms with Crippen molar-refractivity contribution in [3.8, 4) is 0 Å². The zero-order valence-electron chi connectivity index (χ0n) is 11.9. The van der Waals surface area contributed by atoms with Crippen molar-refractivity contribution in [3.05, 3.63) is 16.1 Å². The normalized spacial score (nSPS) is 15.3. The highest BCUT2D eigenvalue weighted by Crippen LogP contribution is 2.25. The van der Waals surface area contributed by atoms with E-state index < -0.39 is 5.97 Å². The van der Waals surface area contributed by atoms with E-state index in [4.69, 9.17) is 4.74 Å². The molecule has 0 radical (unpaired) electrons. The third-order valence-electron chi connectivity index (χ3n) is 3.53. The van der Waals surface area contributed by atoms with E-state index in [2.05, 4.69) is 4.98 Å². The van der Waals surface area contributed by atoms with Gasteiger partial charge in [-0.3, -0.25) is 4.79 Å². The Bertz CT molecular complexity index is 481. The van der Waals surface area contributed by atoms with Crippen molar-refractivity contribution in [1.29, 1.82) is 0 Å². The van der Waals surface area contributed by atoms with Crippen LogP contribution in [0.2, 0.25) is 0 Å². The fourth-order valence-electron chi connectivity index (χ4n) is 2.52. The second-order valence-electron chi connectivity index (χ2n) is 5.09. The second kappa shape index (κ2) is 6.83. The molecule has 0 saturated heterocycles. The number of hydrogen-bond donors (Lipinski definition) is 0. The maximum atomic E-state index is 12.2. The number of hydrogen-bond acceptors (Lipinski definition) is 5. The topological polar surface area (TPSA) is 59.5 Å². The van der Waals surface area contributed by atoms with E-state index in [-0.39, 0.29) is 10.9 Å². The van der Waals surface area contributed by atoms with Crippen molar-refractivity contribution < 1.29 is 14.3 Å². The van der Waals surface area contributed by atoms with E-state index in [1.54, 1.807) is 24.3 Å². The van der Waals surface area contributed by atoms with Gasteiger partial charge in [0.2, 0.25) is 5.01 Å². The molecule has 5 nitrogen and oxygen atoms in total. The maximum absolute atomic E-state index is 12.2. The first-order chi connectivity index (χ1) is 9.61. The molecule has 0 atom stereocenters. The Hall–Kier alpha value is -1.43. The number of amides is 1. The Morgan fingerprint density at radius 2 is 2.15 bits per heavy atom. The van der Waals surface area contributed by atoms with Gasteiger partial charge in [-0.15, -0.1) is 11.3 Å². The number of rotatable bonds is 5. The van der Waals surface area contributed by atoms with E-state index in [1.807, 2.05) is 0 Å². The van der Waals surface area contributed by atoms with Gasteiger partial charge in [0, 0.05) is 19.0 Å². The zero-order valence-corrected chi connectivity index (χ0v) is 12.7. The van der Waals surface area contributed by atoms with Gasteiger partial charge in [0.1, 0.15) is 5.69 Å². The molecule has 1 fully saturated rings. The van der Waals surface area contributed by atoms with Gasteiger partial charge in [0.15, 0.2) is 0 Å². The average Bonchev–Trinajstić information content (AvgIpc) is 3.09. The first kappa shape index (κ1) is 15.0. The van der Waals surface area contributed by atoms with Crippen molar-refractivity contribution >= 4 is 23.2 Å². The van der Waals surface area contributed by atoms with Crippen LogP contribution in [0.5, 0.6) is 0 Å². The largest absolute Gasteiger partial charge is 0.461 e. The fraction of sp³-hybridized carbons (Fsp3) is 0.643. The molecule has 1 aliphatic rings. The number of ether oxygens (including phenoxy) is 1. The van der Waals surface area contributed by atoms with Gasteiger partial charge in [-0.2, -0.15) is 0 Å². The predicted molar refractivity (Wildman–Crippen MR) is 77.0 cm³/mol. The molecule has 1 aromatic heterocycles. The molecule has 1 heterocycles. The second-order valence-corrected chi connectivity index (χ2v) is 5.95. The van der Waals surface area contributed by atoms with Crippen LogP contribution in [0.1, 0.15) is 52.9 Å². The zero-order chi connectivity index (χ0) is 14.5. The van der Waals surface area contributed by atoms with Crippen LogP contribution in [-0.2, 0) is 4.74 Å². The minimum atomic E-state index is -0.463. The Kier molecular flexibility index (Phi) is 5.11. The van der Waals surface area contributed by atoms with Gasteiger partial charge in [0.25, 0.3) is 5.91 Å². The molecule has 0 N–H and O–H groups in total. The fourth-order valence-corrected chi connectivity index (χ4v) is 3.20. The molecule has 0 spiro atoms. The van der Waals surface area contributed by atoms with Gasteiger partial charge in [-0.05, 0) is 25.7 Å². The molecule has 1 amide bonds. The molecule has 1 saturated carbocycles. The van der Waals surface area contributed by atoms with Crippen LogP contribution >= 0.6 is 11.3 Å². The summed E-state index contributed by atoms with van der Waals surface area (Å²) in [5, 5.41) is 1.86. The number of aromatic nitrogens is 1. The van der Waals surface area contributed by atoms with Crippen LogP contribution < -0.4 is 0 Å². The molecular formula is C14H20N2O3S. The molecule has 1 aliphatic carbocycles. The first-order valence-corrected chi connectivity index (χ1v) is 7.88. The van der Waals surface area contributed by atoms with Gasteiger partial charge in [-0.1, -0.05) is 12.8 Å². The summed E-state index contributed by atoms with van der Waals surface area (Å²) in [6.07, 6.45) is 4.92. The van der Waals surface area contributed by atoms with Crippen LogP contribution in [0, 0.1) is 5.92 Å². The van der Waals surface area contributed by atoms with E-state index in [0.29, 0.717) is 18.2 Å². The van der Waals surface area contributed by atoms with Gasteiger partial charge >= 0.3 is 5.97 Å². The van der Waals surface area contributed by atoms with Crippen molar-refractivity contribution in [1.82, 2.24) is 9.88 Å². The molecule has 20 heavy (non-hydrogen) atoms. The number of carbonyl (C=O) groups excluding carboxylic acids is 2. The van der Waals surface area contributed by atoms with Crippen LogP contribution in [0.25, 0.3) is 0 Å². The lowest BCUT2D eigenvalue weighted by Gasteiger charge is -2.20. The molecule has 6 heteroatoms. The van der Waals surface area contributed by atoms with E-state index >= 15 is 0 Å². The van der Waals surface area contributed by atoms with Crippen molar-refractivity contribution in [3.63, 3.8) is 0 Å². The summed E-state index contributed by atoms with van der Waals surface area (Å²) in [5.41, 5.74) is 0.332. The van der Waals surface area contributed by atoms with Crippen LogP contribution in [0.3, 0.4) is 0 Å². The third kappa shape index (κ3) is 3.56. The number of esters is 1. The minimum absolute atomic E-state index is 0.122. The molecule has 0 aliphatic heterocycles. The van der Waals surface area contributed by atoms with Crippen LogP contribution in [-0.4, -0.2) is 42.0 Å². The highest BCUT2D eigenvalue weighted by molar-refractivity contribution is 7.11. The van der Waals surface area contributed by atoms with Crippen molar-refractivity contribution in [2.75, 3.05) is 20.2 Å². The number of thiazole rings is 1. The average molecular weight is 296 g/mol. The van der Waals surface area contributed by atoms with Crippen molar-refractivity contribution in [2.24, 2.45) is 5.92 Å². The number of carbonyl (C=O) groups is 2. The molecule has 0 aromatic carbocycles. The molecule has 0 unspecified atom stereocenters. The van der Waals surface area contributed by atoms with Gasteiger partial charge < -0.3 is 9.64 Å². The Morgan fingerprint density at radius 1 is 1.45 bits per heavy atom. The third-order valence-corrected chi connectivity index (χ3v) is 4.35. The van der Waals surface area contributed by atoms with E-state index in [1.165, 1.54) is 25.7 Å². The Balaban J connectivity index is 1.96. The molecule has 2 rings (SSSR count). The van der Waals surface area contributed by atoms with Crippen LogP contribution in [0.15, 0.2) is 5.38 Å². The maximum Gasteiger partial charge on any atom is 0.367 e. The lowest BCUT2D eigenvalue weighted by atomic mass is 10.1. The quantitative estimate of drug-likeness (QED) is 0.784. The summed E-state index contributed by atoms with van der Waals surface area (Å²) in [4.78, 5) is 29.6. The minimum Gasteiger partial charge on any atom is -0.461 e. The smallest absolute Gasteiger partial charge is 0.367 e. The molecule has 1 aromatic rings. The SMILES string of the molecule is CCOC(=O)c1nc(C(=O)N(C)CC2CCCC2)cs1. The molecule has 0 bridgehead atoms. The van der Waals surface area contributed by atoms with Gasteiger partial charge in [-0.25, -0.2) is 9.78 Å². The lowest BCUT2D eigenvalue weighted by molar-refractivity contribution is 0.0526. The summed E-state index contributed by atoms with van der Waals surface area (Å²) in [5.74, 6) is 0.0193. The summed E-state index contributed by atoms with van der Waals surface area (Å²) in [6, 6.07) is 0. The van der Waals surface area contributed by atoms with E-state index in [9.17, 15) is 9.59 Å². The monoisotopic (exact) mass is 296 g/mol. The summed E-state index contributed by atoms with van der Waals surface area (Å²) < 4.78 is 4.87. The lowest BCUT2D eigenvalue weighted by Crippen LogP contribution is -2.31. The molecule has 110 valence electrons. The summed E-state index contributed by atoms with van der Waals surface area (Å²) >= 11 is 1.15. The standard InChI is InChI=1S/C14H20N2O3S/c1-3-19-14(18)12-15-11(9-20-12)13(17)16(2)8-10-6-4-5-7-10/h9-10H,3-8H2,1-2H3. The van der Waals surface area contributed by atoms with E-state index in [0.717, 1.165) is 17.9 Å². The Morgan fingerprint density at radius 3 is 2.80 bits per heavy atom. The van der Waals surface area contributed by atoms with Crippen LogP contribution in [0.4, 0.5) is 0 Å². The van der Waals surface area contributed by atoms with Crippen molar-refractivity contribution in [2.45, 2.75) is 32.6 Å². The van der Waals surface area contributed by atoms with Gasteiger partial charge in [0.05, 0.1) is 6.61 Å². The summed E-state index contributed by atoms with van der Waals surface area (Å²) in [6.45, 7) is 2.82. The Labute approximate surface area is 122 Å². The highest BCUT2D eigenvalue weighted by atomic mass is 32.1. The highest BCUT2D eigenvalue weighted by Gasteiger charge is 2.22. The molecular weight excluding hydrogens is 276 g/mol. The predicted octanol–water partition coefficient (Wildman–Crippen LogP) is 2.58. The summed E-state index contributed by atoms with van der Waals surface area (Å²) in [7, 11) is 1.80. The first-order valence-electron chi connectivity index (χ1n) is 7.00. The number of nitrogens with zero attached hydrogens (tertiary/aromatic N) is 2.